The molecule has 0 spiro atoms. The van der Waals surface area contributed by atoms with Crippen LogP contribution in [0.15, 0.2) is 49.1 Å². The number of piperazine rings is 1. The van der Waals surface area contributed by atoms with Gasteiger partial charge in [-0.15, -0.1) is 0 Å². The van der Waals surface area contributed by atoms with Crippen LogP contribution < -0.4 is 5.32 Å². The quantitative estimate of drug-likeness (QED) is 0.766. The molecule has 7 nitrogen and oxygen atoms in total. The van der Waals surface area contributed by atoms with Crippen molar-refractivity contribution >= 4 is 17.5 Å². The Bertz CT molecular complexity index is 916. The van der Waals surface area contributed by atoms with Crippen molar-refractivity contribution in [1.82, 2.24) is 29.5 Å². The highest BCUT2D eigenvalue weighted by Crippen LogP contribution is 2.23. The molecule has 3 heterocycles. The Kier molecular flexibility index (Phi) is 4.48. The SMILES string of the molecule is Cn1ccnc1C1CNCCN1C(=O)c1cnn(-c2ccc(Cl)cc2)c1. The smallest absolute Gasteiger partial charge is 0.257 e. The third-order valence-electron chi connectivity index (χ3n) is 4.58. The first-order chi connectivity index (χ1) is 12.6. The summed E-state index contributed by atoms with van der Waals surface area (Å²) in [5.74, 6) is 0.829. The van der Waals surface area contributed by atoms with Crippen LogP contribution in [0, 0.1) is 0 Å². The summed E-state index contributed by atoms with van der Waals surface area (Å²) in [6, 6.07) is 7.23. The van der Waals surface area contributed by atoms with E-state index in [4.69, 9.17) is 11.6 Å². The lowest BCUT2D eigenvalue weighted by Crippen LogP contribution is -2.49. The van der Waals surface area contributed by atoms with Crippen molar-refractivity contribution < 1.29 is 4.79 Å². The lowest BCUT2D eigenvalue weighted by molar-refractivity contribution is 0.0621. The van der Waals surface area contributed by atoms with Gasteiger partial charge in [0.15, 0.2) is 0 Å². The van der Waals surface area contributed by atoms with Crippen molar-refractivity contribution in [2.24, 2.45) is 7.05 Å². The van der Waals surface area contributed by atoms with Gasteiger partial charge in [0.2, 0.25) is 0 Å². The van der Waals surface area contributed by atoms with Gasteiger partial charge in [0, 0.05) is 50.3 Å². The number of rotatable bonds is 3. The molecule has 1 atom stereocenters. The van der Waals surface area contributed by atoms with Crippen molar-refractivity contribution in [3.8, 4) is 5.69 Å². The molecule has 1 amide bonds. The molecule has 2 aromatic heterocycles. The summed E-state index contributed by atoms with van der Waals surface area (Å²) in [7, 11) is 1.94. The van der Waals surface area contributed by atoms with Gasteiger partial charge in [-0.1, -0.05) is 11.6 Å². The molecule has 1 unspecified atom stereocenters. The highest BCUT2D eigenvalue weighted by atomic mass is 35.5. The summed E-state index contributed by atoms with van der Waals surface area (Å²) in [6.07, 6.45) is 7.01. The maximum absolute atomic E-state index is 13.1. The summed E-state index contributed by atoms with van der Waals surface area (Å²) in [5.41, 5.74) is 1.41. The number of carbonyl (C=O) groups is 1. The molecule has 0 aliphatic carbocycles. The topological polar surface area (TPSA) is 68.0 Å². The Morgan fingerprint density at radius 1 is 1.31 bits per heavy atom. The van der Waals surface area contributed by atoms with Crippen LogP contribution in [0.2, 0.25) is 5.02 Å². The molecule has 4 rings (SSSR count). The standard InChI is InChI=1S/C18H19ClN6O/c1-23-8-7-21-17(23)16-11-20-6-9-24(16)18(26)13-10-22-25(12-13)15-4-2-14(19)3-5-15/h2-5,7-8,10,12,16,20H,6,9,11H2,1H3. The molecule has 1 aromatic carbocycles. The van der Waals surface area contributed by atoms with Crippen LogP contribution in [0.25, 0.3) is 5.69 Å². The summed E-state index contributed by atoms with van der Waals surface area (Å²) in [5, 5.41) is 8.33. The number of aromatic nitrogens is 4. The van der Waals surface area contributed by atoms with Gasteiger partial charge >= 0.3 is 0 Å². The van der Waals surface area contributed by atoms with Gasteiger partial charge in [-0.25, -0.2) is 9.67 Å². The van der Waals surface area contributed by atoms with E-state index in [0.29, 0.717) is 23.7 Å². The van der Waals surface area contributed by atoms with Gasteiger partial charge in [0.1, 0.15) is 11.9 Å². The van der Waals surface area contributed by atoms with E-state index in [0.717, 1.165) is 18.1 Å². The molecule has 1 N–H and O–H groups in total. The van der Waals surface area contributed by atoms with Crippen molar-refractivity contribution in [3.05, 3.63) is 65.5 Å². The van der Waals surface area contributed by atoms with Gasteiger partial charge in [-0.05, 0) is 24.3 Å². The normalized spacial score (nSPS) is 17.5. The lowest BCUT2D eigenvalue weighted by atomic mass is 10.1. The number of nitrogens with zero attached hydrogens (tertiary/aromatic N) is 5. The second kappa shape index (κ2) is 6.93. The van der Waals surface area contributed by atoms with E-state index in [2.05, 4.69) is 15.4 Å². The number of carbonyl (C=O) groups excluding carboxylic acids is 1. The number of halogens is 1. The largest absolute Gasteiger partial charge is 0.336 e. The summed E-state index contributed by atoms with van der Waals surface area (Å²) >= 11 is 5.93. The van der Waals surface area contributed by atoms with E-state index >= 15 is 0 Å². The van der Waals surface area contributed by atoms with E-state index in [1.54, 1.807) is 35.4 Å². The molecule has 1 saturated heterocycles. The van der Waals surface area contributed by atoms with E-state index in [-0.39, 0.29) is 11.9 Å². The van der Waals surface area contributed by atoms with Gasteiger partial charge in [0.25, 0.3) is 5.91 Å². The molecule has 26 heavy (non-hydrogen) atoms. The molecule has 0 saturated carbocycles. The van der Waals surface area contributed by atoms with E-state index in [9.17, 15) is 4.79 Å². The Balaban J connectivity index is 1.60. The minimum absolute atomic E-state index is 0.0419. The maximum Gasteiger partial charge on any atom is 0.257 e. The zero-order valence-corrected chi connectivity index (χ0v) is 15.1. The van der Waals surface area contributed by atoms with Gasteiger partial charge in [-0.3, -0.25) is 4.79 Å². The molecular formula is C18H19ClN6O. The monoisotopic (exact) mass is 370 g/mol. The number of amides is 1. The van der Waals surface area contributed by atoms with Crippen LogP contribution >= 0.6 is 11.6 Å². The number of hydrogen-bond donors (Lipinski definition) is 1. The van der Waals surface area contributed by atoms with Crippen molar-refractivity contribution in [3.63, 3.8) is 0 Å². The molecule has 1 fully saturated rings. The first-order valence-electron chi connectivity index (χ1n) is 8.43. The van der Waals surface area contributed by atoms with Crippen LogP contribution in [0.1, 0.15) is 22.2 Å². The molecule has 8 heteroatoms. The Labute approximate surface area is 156 Å². The van der Waals surface area contributed by atoms with E-state index < -0.39 is 0 Å². The van der Waals surface area contributed by atoms with Gasteiger partial charge in [0.05, 0.1) is 17.4 Å². The van der Waals surface area contributed by atoms with Crippen LogP contribution in [0.4, 0.5) is 0 Å². The average Bonchev–Trinajstić information content (AvgIpc) is 3.31. The fraction of sp³-hybridized carbons (Fsp3) is 0.278. The number of nitrogens with one attached hydrogen (secondary N) is 1. The Morgan fingerprint density at radius 2 is 2.12 bits per heavy atom. The van der Waals surface area contributed by atoms with Crippen LogP contribution in [-0.2, 0) is 7.05 Å². The first kappa shape index (κ1) is 16.8. The van der Waals surface area contributed by atoms with Gasteiger partial charge < -0.3 is 14.8 Å². The molecule has 1 aliphatic heterocycles. The Morgan fingerprint density at radius 3 is 2.85 bits per heavy atom. The summed E-state index contributed by atoms with van der Waals surface area (Å²) in [6.45, 7) is 2.07. The van der Waals surface area contributed by atoms with Crippen molar-refractivity contribution in [2.75, 3.05) is 19.6 Å². The molecule has 1 aliphatic rings. The fourth-order valence-electron chi connectivity index (χ4n) is 3.21. The van der Waals surface area contributed by atoms with Crippen LogP contribution in [-0.4, -0.2) is 49.8 Å². The fourth-order valence-corrected chi connectivity index (χ4v) is 3.34. The predicted molar refractivity (Wildman–Crippen MR) is 98.4 cm³/mol. The van der Waals surface area contributed by atoms with Crippen molar-refractivity contribution in [2.45, 2.75) is 6.04 Å². The van der Waals surface area contributed by atoms with Crippen LogP contribution in [0.5, 0.6) is 0 Å². The molecule has 0 bridgehead atoms. The lowest BCUT2D eigenvalue weighted by Gasteiger charge is -2.35. The summed E-state index contributed by atoms with van der Waals surface area (Å²) in [4.78, 5) is 19.4. The first-order valence-corrected chi connectivity index (χ1v) is 8.81. The predicted octanol–water partition coefficient (Wildman–Crippen LogP) is 2.05. The molecule has 3 aromatic rings. The Hall–Kier alpha value is -2.64. The third-order valence-corrected chi connectivity index (χ3v) is 4.83. The number of benzene rings is 1. The van der Waals surface area contributed by atoms with Crippen LogP contribution in [0.3, 0.4) is 0 Å². The second-order valence-corrected chi connectivity index (χ2v) is 6.70. The maximum atomic E-state index is 13.1. The molecule has 0 radical (unpaired) electrons. The number of aryl methyl sites for hydroxylation is 1. The second-order valence-electron chi connectivity index (χ2n) is 6.26. The minimum Gasteiger partial charge on any atom is -0.336 e. The van der Waals surface area contributed by atoms with E-state index in [1.165, 1.54) is 0 Å². The molecule has 134 valence electrons. The number of hydrogen-bond acceptors (Lipinski definition) is 4. The minimum atomic E-state index is -0.102. The zero-order chi connectivity index (χ0) is 18.1. The summed E-state index contributed by atoms with van der Waals surface area (Å²) < 4.78 is 3.64. The number of imidazole rings is 1. The highest BCUT2D eigenvalue weighted by molar-refractivity contribution is 6.30. The van der Waals surface area contributed by atoms with E-state index in [1.807, 2.05) is 34.8 Å². The highest BCUT2D eigenvalue weighted by Gasteiger charge is 2.31. The van der Waals surface area contributed by atoms with Crippen molar-refractivity contribution in [1.29, 1.82) is 0 Å². The third kappa shape index (κ3) is 3.11. The molecular weight excluding hydrogens is 352 g/mol. The van der Waals surface area contributed by atoms with Gasteiger partial charge in [-0.2, -0.15) is 5.10 Å². The average molecular weight is 371 g/mol. The zero-order valence-electron chi connectivity index (χ0n) is 14.3.